The summed E-state index contributed by atoms with van der Waals surface area (Å²) in [6, 6.07) is 0. The van der Waals surface area contributed by atoms with Gasteiger partial charge in [0.2, 0.25) is 0 Å². The number of fused-ring (bicyclic) bond motifs is 4. The van der Waals surface area contributed by atoms with Crippen LogP contribution in [0.2, 0.25) is 0 Å². The van der Waals surface area contributed by atoms with Gasteiger partial charge in [-0.15, -0.1) is 0 Å². The molecule has 69 heavy (non-hydrogen) atoms. The van der Waals surface area contributed by atoms with Crippen LogP contribution >= 0.6 is 15.6 Å². The van der Waals surface area contributed by atoms with Crippen molar-refractivity contribution in [2.75, 3.05) is 13.2 Å². The number of unbranched alkanes of at least 4 members (excludes halogenated alkanes) is 13. The van der Waals surface area contributed by atoms with Gasteiger partial charge in [0.25, 0.3) is 0 Å². The predicted octanol–water partition coefficient (Wildman–Crippen LogP) is 5.61. The number of hydrogen-bond acceptors (Lipinski definition) is 17. The first-order valence-electron chi connectivity index (χ1n) is 24.9. The molecular weight excluding hydrogens is 946 g/mol. The van der Waals surface area contributed by atoms with Gasteiger partial charge < -0.3 is 64.6 Å². The van der Waals surface area contributed by atoms with E-state index in [0.717, 1.165) is 69.9 Å². The van der Waals surface area contributed by atoms with Crippen LogP contribution in [-0.4, -0.2) is 143 Å². The Labute approximate surface area is 407 Å². The van der Waals surface area contributed by atoms with Crippen LogP contribution in [0.15, 0.2) is 36.5 Å². The monoisotopic (exact) mass is 1030 g/mol. The standard InChI is InChI=1S/C47H84O20P2/c1-3-5-7-8-9-10-11-12-13-14-15-16-17-18-24-28-40(51)64-35-32-62-39(50)27-23-20-19-22-26-36-37(49)31-41(52)65-38(30-29-34(48)25-21-6-4-2)43(54)46(66-68(57,58)59)47(45(56)44(55)42(36)53)67-69(60,61)63-33-35/h5,7,19,22,29-30,34-38,41-49,52-56H,3-4,6,8-18,20-21,23-28,31-33H2,1-2H3,(H,60,61)(H2,57,58,59)/b7-5-,22-19?,30-29+/t34-,35+,36-,37-,38+,41?,42+,43+,44-,45+,46+,47-/m0/s1. The Morgan fingerprint density at radius 2 is 1.51 bits per heavy atom. The predicted molar refractivity (Wildman–Crippen MR) is 254 cm³/mol. The van der Waals surface area contributed by atoms with E-state index >= 15 is 0 Å². The van der Waals surface area contributed by atoms with E-state index in [1.807, 2.05) is 6.92 Å². The highest BCUT2D eigenvalue weighted by atomic mass is 31.2. The molecule has 0 aromatic heterocycles. The minimum atomic E-state index is -5.80. The Morgan fingerprint density at radius 1 is 0.855 bits per heavy atom. The van der Waals surface area contributed by atoms with Crippen LogP contribution in [0.25, 0.3) is 0 Å². The topological polar surface area (TPSA) is 326 Å². The quantitative estimate of drug-likeness (QED) is 0.0243. The molecule has 0 aromatic rings. The summed E-state index contributed by atoms with van der Waals surface area (Å²) < 4.78 is 57.8. The van der Waals surface area contributed by atoms with Gasteiger partial charge in [-0.3, -0.25) is 23.2 Å². The van der Waals surface area contributed by atoms with Crippen LogP contribution < -0.4 is 0 Å². The molecule has 22 heteroatoms. The minimum Gasteiger partial charge on any atom is -0.462 e. The molecule has 2 aliphatic rings. The Bertz CT molecular complexity index is 1590. The number of aliphatic hydroxyl groups is 7. The maximum atomic E-state index is 13.8. The van der Waals surface area contributed by atoms with Crippen molar-refractivity contribution in [2.24, 2.45) is 5.92 Å². The van der Waals surface area contributed by atoms with Crippen LogP contribution in [0.3, 0.4) is 0 Å². The maximum absolute atomic E-state index is 13.8. The van der Waals surface area contributed by atoms with Crippen molar-refractivity contribution in [3.63, 3.8) is 0 Å². The molecule has 0 aromatic carbocycles. The highest BCUT2D eigenvalue weighted by molar-refractivity contribution is 7.47. The number of allylic oxidation sites excluding steroid dienone is 4. The summed E-state index contributed by atoms with van der Waals surface area (Å²) >= 11 is 0. The summed E-state index contributed by atoms with van der Waals surface area (Å²) in [6.45, 7) is 2.45. The van der Waals surface area contributed by atoms with E-state index < -0.39 is 120 Å². The fourth-order valence-electron chi connectivity index (χ4n) is 8.07. The van der Waals surface area contributed by atoms with Gasteiger partial charge in [-0.2, -0.15) is 0 Å². The number of carbonyl (C=O) groups excluding carboxylic acids is 2. The van der Waals surface area contributed by atoms with E-state index in [4.69, 9.17) is 27.8 Å². The molecular formula is C47H84O20P2. The van der Waals surface area contributed by atoms with Crippen molar-refractivity contribution in [3.8, 4) is 0 Å². The molecule has 2 heterocycles. The smallest absolute Gasteiger partial charge is 0.462 e. The van der Waals surface area contributed by atoms with Crippen LogP contribution in [0, 0.1) is 5.92 Å². The molecule has 0 spiro atoms. The van der Waals surface area contributed by atoms with Gasteiger partial charge in [0.15, 0.2) is 12.4 Å². The molecule has 20 nitrogen and oxygen atoms in total. The third-order valence-corrected chi connectivity index (χ3v) is 13.5. The zero-order valence-corrected chi connectivity index (χ0v) is 42.3. The molecule has 2 bridgehead atoms. The van der Waals surface area contributed by atoms with Crippen molar-refractivity contribution >= 4 is 27.6 Å². The Morgan fingerprint density at radius 3 is 2.14 bits per heavy atom. The van der Waals surface area contributed by atoms with E-state index in [0.29, 0.717) is 12.8 Å². The molecule has 0 amide bonds. The molecule has 2 rings (SSSR count). The summed E-state index contributed by atoms with van der Waals surface area (Å²) in [7, 11) is -11.5. The Balaban J connectivity index is 2.35. The first-order chi connectivity index (χ1) is 32.8. The van der Waals surface area contributed by atoms with Gasteiger partial charge in [0.1, 0.15) is 43.2 Å². The van der Waals surface area contributed by atoms with Gasteiger partial charge in [-0.1, -0.05) is 127 Å². The fourth-order valence-corrected chi connectivity index (χ4v) is 9.60. The normalized spacial score (nSPS) is 31.4. The van der Waals surface area contributed by atoms with Crippen LogP contribution in [0.1, 0.15) is 162 Å². The van der Waals surface area contributed by atoms with E-state index in [9.17, 15) is 69.1 Å². The lowest BCUT2D eigenvalue weighted by atomic mass is 9.83. The zero-order chi connectivity index (χ0) is 51.2. The van der Waals surface area contributed by atoms with E-state index in [1.54, 1.807) is 6.08 Å². The lowest BCUT2D eigenvalue weighted by Crippen LogP contribution is -2.58. The second-order valence-corrected chi connectivity index (χ2v) is 20.6. The Kier molecular flexibility index (Phi) is 32.3. The molecule has 2 aliphatic heterocycles. The first kappa shape index (κ1) is 63.2. The van der Waals surface area contributed by atoms with Crippen LogP contribution in [0.4, 0.5) is 0 Å². The summed E-state index contributed by atoms with van der Waals surface area (Å²) in [5.74, 6) is -2.88. The average Bonchev–Trinajstić information content (AvgIpc) is 3.29. The van der Waals surface area contributed by atoms with Gasteiger partial charge in [0, 0.05) is 25.2 Å². The number of rotatable bonds is 24. The summed E-state index contributed by atoms with van der Waals surface area (Å²) in [4.78, 5) is 56.8. The number of hydrogen-bond donors (Lipinski definition) is 10. The molecule has 1 saturated heterocycles. The van der Waals surface area contributed by atoms with Crippen molar-refractivity contribution in [1.29, 1.82) is 0 Å². The Hall–Kier alpha value is -1.94. The highest BCUT2D eigenvalue weighted by Crippen LogP contribution is 2.49. The van der Waals surface area contributed by atoms with Crippen molar-refractivity contribution < 1.29 is 96.9 Å². The summed E-state index contributed by atoms with van der Waals surface area (Å²) in [6.07, 6.45) is 1.65. The summed E-state index contributed by atoms with van der Waals surface area (Å²) in [5, 5.41) is 79.1. The van der Waals surface area contributed by atoms with E-state index in [2.05, 4.69) is 19.1 Å². The maximum Gasteiger partial charge on any atom is 0.472 e. The molecule has 13 atom stereocenters. The minimum absolute atomic E-state index is 0.0386. The number of carbonyl (C=O) groups is 2. The van der Waals surface area contributed by atoms with Gasteiger partial charge >= 0.3 is 27.6 Å². The molecule has 1 fully saturated rings. The molecule has 2 unspecified atom stereocenters. The molecule has 402 valence electrons. The van der Waals surface area contributed by atoms with Crippen molar-refractivity contribution in [1.82, 2.24) is 0 Å². The van der Waals surface area contributed by atoms with Crippen molar-refractivity contribution in [2.45, 2.75) is 229 Å². The SMILES string of the molecule is CC/C=C\CCCCCCCCCCCCCC(=O)O[C@@H]1COC(=O)CCCC=CC[C@@H]2[C@@H](O)[C@H](O)[C@@H](O)[C@H](OP(=O)(O)OC1)[C@H](OP(=O)(O)O)[C@H](O)[C@@H](/C=C/[C@@H](O)CCCCC)OC(O)C[C@@H]2O. The van der Waals surface area contributed by atoms with E-state index in [-0.39, 0.29) is 38.5 Å². The number of aliphatic hydroxyl groups excluding tert-OH is 7. The number of phosphoric ester groups is 2. The molecule has 0 radical (unpaired) electrons. The lowest BCUT2D eigenvalue weighted by molar-refractivity contribution is -0.210. The third-order valence-electron chi connectivity index (χ3n) is 12.0. The molecule has 0 saturated carbocycles. The van der Waals surface area contributed by atoms with Gasteiger partial charge in [-0.25, -0.2) is 9.13 Å². The lowest BCUT2D eigenvalue weighted by Gasteiger charge is -2.41. The second kappa shape index (κ2) is 35.3. The summed E-state index contributed by atoms with van der Waals surface area (Å²) in [5.41, 5.74) is 0. The average molecular weight is 1030 g/mol. The number of esters is 2. The second-order valence-electron chi connectivity index (χ2n) is 18.0. The van der Waals surface area contributed by atoms with Crippen LogP contribution in [-0.2, 0) is 46.5 Å². The number of cyclic esters (lactones) is 1. The van der Waals surface area contributed by atoms with E-state index in [1.165, 1.54) is 38.2 Å². The third kappa shape index (κ3) is 27.6. The number of phosphoric acid groups is 2. The zero-order valence-electron chi connectivity index (χ0n) is 40.5. The first-order valence-corrected chi connectivity index (χ1v) is 28.0. The highest BCUT2D eigenvalue weighted by Gasteiger charge is 2.50. The van der Waals surface area contributed by atoms with Crippen molar-refractivity contribution in [3.05, 3.63) is 36.5 Å². The molecule has 10 N–H and O–H groups in total. The fraction of sp³-hybridized carbons (Fsp3) is 0.830. The van der Waals surface area contributed by atoms with Gasteiger partial charge in [-0.05, 0) is 51.4 Å². The van der Waals surface area contributed by atoms with Crippen LogP contribution in [0.5, 0.6) is 0 Å². The molecule has 0 aliphatic carbocycles. The van der Waals surface area contributed by atoms with Gasteiger partial charge in [0.05, 0.1) is 24.9 Å². The number of ether oxygens (including phenoxy) is 3. The largest absolute Gasteiger partial charge is 0.472 e.